The van der Waals surface area contributed by atoms with Crippen molar-refractivity contribution in [2.24, 2.45) is 5.11 Å². The molecule has 0 amide bonds. The molecular weight excluding hydrogens is 234 g/mol. The van der Waals surface area contributed by atoms with Crippen LogP contribution in [0.1, 0.15) is 0 Å². The predicted octanol–water partition coefficient (Wildman–Crippen LogP) is 0.847. The van der Waals surface area contributed by atoms with Crippen LogP contribution in [0.4, 0.5) is 0 Å². The van der Waals surface area contributed by atoms with E-state index in [2.05, 4.69) is 26.0 Å². The van der Waals surface area contributed by atoms with E-state index in [4.69, 9.17) is 15.7 Å². The first-order valence-electron chi connectivity index (χ1n) is 2.55. The number of azide groups is 1. The lowest BCUT2D eigenvalue weighted by molar-refractivity contribution is -0.135. The summed E-state index contributed by atoms with van der Waals surface area (Å²) in [7, 11) is 0. The summed E-state index contributed by atoms with van der Waals surface area (Å²) < 4.78 is 0. The molecule has 0 fully saturated rings. The monoisotopic (exact) mass is 239 g/mol. The van der Waals surface area contributed by atoms with Crippen LogP contribution in [0.25, 0.3) is 10.4 Å². The molecule has 0 aromatic carbocycles. The lowest BCUT2D eigenvalue weighted by Crippen LogP contribution is -1.96. The highest BCUT2D eigenvalue weighted by atomic mass is 79.9. The summed E-state index contributed by atoms with van der Waals surface area (Å²) in [5.41, 5.74) is 7.51. The number of rotatable bonds is 3. The molecule has 7 nitrogen and oxygen atoms in total. The summed E-state index contributed by atoms with van der Waals surface area (Å²) in [4.78, 5) is 21.0. The van der Waals surface area contributed by atoms with E-state index in [1.165, 1.54) is 0 Å². The Hall–Kier alpha value is -1.27. The number of alkyl halides is 1. The molecule has 0 aliphatic carbocycles. The van der Waals surface area contributed by atoms with Crippen molar-refractivity contribution in [3.05, 3.63) is 10.4 Å². The standard InChI is InChI=1S/C2H3BrO2.C2H3N3O2/c3-1-2(4)5;3-5-4-1-2(6)7/h1H2,(H,4,5);1H2,(H,6,7). The van der Waals surface area contributed by atoms with Crippen molar-refractivity contribution in [1.82, 2.24) is 0 Å². The van der Waals surface area contributed by atoms with Gasteiger partial charge in [-0.1, -0.05) is 21.0 Å². The van der Waals surface area contributed by atoms with Crippen LogP contribution in [0.3, 0.4) is 0 Å². The van der Waals surface area contributed by atoms with Gasteiger partial charge in [-0.15, -0.1) is 0 Å². The van der Waals surface area contributed by atoms with Crippen molar-refractivity contribution in [3.8, 4) is 0 Å². The highest BCUT2D eigenvalue weighted by Crippen LogP contribution is 1.73. The molecule has 0 aromatic rings. The largest absolute Gasteiger partial charge is 0.481 e. The average Bonchev–Trinajstić information content (AvgIpc) is 2.02. The van der Waals surface area contributed by atoms with Gasteiger partial charge in [-0.3, -0.25) is 9.59 Å². The number of nitrogens with zero attached hydrogens (tertiary/aromatic N) is 3. The number of halogens is 1. The number of carboxylic acids is 2. The third kappa shape index (κ3) is 23.3. The van der Waals surface area contributed by atoms with Gasteiger partial charge in [-0.05, 0) is 5.53 Å². The van der Waals surface area contributed by atoms with Crippen LogP contribution < -0.4 is 0 Å². The van der Waals surface area contributed by atoms with Gasteiger partial charge in [0, 0.05) is 4.91 Å². The van der Waals surface area contributed by atoms with Crippen LogP contribution in [0.2, 0.25) is 0 Å². The third-order valence-electron chi connectivity index (χ3n) is 0.384. The Morgan fingerprint density at radius 3 is 1.92 bits per heavy atom. The third-order valence-corrected chi connectivity index (χ3v) is 0.863. The molecule has 68 valence electrons. The van der Waals surface area contributed by atoms with Gasteiger partial charge in [-0.2, -0.15) is 0 Å². The Balaban J connectivity index is 0. The average molecular weight is 240 g/mol. The fraction of sp³-hybridized carbons (Fsp3) is 0.500. The molecule has 2 N–H and O–H groups in total. The Morgan fingerprint density at radius 2 is 1.83 bits per heavy atom. The molecule has 12 heavy (non-hydrogen) atoms. The summed E-state index contributed by atoms with van der Waals surface area (Å²) in [5.74, 6) is -1.94. The molecule has 0 saturated carbocycles. The van der Waals surface area contributed by atoms with Crippen molar-refractivity contribution in [2.75, 3.05) is 11.9 Å². The zero-order valence-electron chi connectivity index (χ0n) is 5.84. The maximum atomic E-state index is 9.49. The zero-order valence-corrected chi connectivity index (χ0v) is 7.43. The minimum atomic E-state index is -1.11. The molecule has 0 aliphatic heterocycles. The Kier molecular flexibility index (Phi) is 10.8. The molecule has 8 heteroatoms. The SMILES string of the molecule is O=C(O)CBr.[N-]=[N+]=NCC(=O)O. The lowest BCUT2D eigenvalue weighted by Gasteiger charge is -1.74. The normalized spacial score (nSPS) is 7.08. The van der Waals surface area contributed by atoms with Crippen molar-refractivity contribution < 1.29 is 19.8 Å². The van der Waals surface area contributed by atoms with Crippen molar-refractivity contribution in [2.45, 2.75) is 0 Å². The van der Waals surface area contributed by atoms with Gasteiger partial charge in [0.25, 0.3) is 0 Å². The minimum Gasteiger partial charge on any atom is -0.481 e. The molecule has 0 aromatic heterocycles. The van der Waals surface area contributed by atoms with E-state index < -0.39 is 18.5 Å². The molecule has 0 heterocycles. The van der Waals surface area contributed by atoms with E-state index in [0.29, 0.717) is 0 Å². The summed E-state index contributed by atoms with van der Waals surface area (Å²) in [6.45, 7) is -0.476. The van der Waals surface area contributed by atoms with Crippen LogP contribution >= 0.6 is 15.9 Å². The van der Waals surface area contributed by atoms with E-state index in [-0.39, 0.29) is 5.33 Å². The molecule has 0 saturated heterocycles. The minimum absolute atomic E-state index is 0.0347. The van der Waals surface area contributed by atoms with E-state index in [1.54, 1.807) is 0 Å². The summed E-state index contributed by atoms with van der Waals surface area (Å²) >= 11 is 2.71. The lowest BCUT2D eigenvalue weighted by atomic mass is 10.7. The van der Waals surface area contributed by atoms with Crippen LogP contribution in [0, 0.1) is 0 Å². The van der Waals surface area contributed by atoms with Gasteiger partial charge in [0.1, 0.15) is 11.9 Å². The molecule has 0 spiro atoms. The molecule has 0 radical (unpaired) electrons. The van der Waals surface area contributed by atoms with Gasteiger partial charge in [0.15, 0.2) is 0 Å². The van der Waals surface area contributed by atoms with Gasteiger partial charge < -0.3 is 10.2 Å². The fourth-order valence-electron chi connectivity index (χ4n) is 0.0921. The molecule has 0 aliphatic rings. The second-order valence-electron chi connectivity index (χ2n) is 1.31. The van der Waals surface area contributed by atoms with Gasteiger partial charge in [-0.25, -0.2) is 0 Å². The zero-order chi connectivity index (χ0) is 9.98. The number of hydrogen-bond donors (Lipinski definition) is 2. The number of hydrogen-bond acceptors (Lipinski definition) is 3. The van der Waals surface area contributed by atoms with Crippen LogP contribution in [0.5, 0.6) is 0 Å². The van der Waals surface area contributed by atoms with E-state index in [1.807, 2.05) is 0 Å². The van der Waals surface area contributed by atoms with E-state index in [0.717, 1.165) is 0 Å². The van der Waals surface area contributed by atoms with E-state index in [9.17, 15) is 9.59 Å². The Morgan fingerprint density at radius 1 is 1.42 bits per heavy atom. The van der Waals surface area contributed by atoms with Crippen molar-refractivity contribution in [3.63, 3.8) is 0 Å². The van der Waals surface area contributed by atoms with Gasteiger partial charge in [0.05, 0.1) is 0 Å². The van der Waals surface area contributed by atoms with Gasteiger partial charge >= 0.3 is 11.9 Å². The highest BCUT2D eigenvalue weighted by molar-refractivity contribution is 9.09. The van der Waals surface area contributed by atoms with Crippen molar-refractivity contribution >= 4 is 27.9 Å². The smallest absolute Gasteiger partial charge is 0.314 e. The molecular formula is C4H6BrN3O4. The maximum Gasteiger partial charge on any atom is 0.314 e. The first-order chi connectivity index (χ1) is 5.54. The van der Waals surface area contributed by atoms with Crippen molar-refractivity contribution in [1.29, 1.82) is 0 Å². The summed E-state index contributed by atoms with van der Waals surface area (Å²) in [6, 6.07) is 0. The Bertz CT molecular complexity index is 200. The van der Waals surface area contributed by atoms with Crippen LogP contribution in [-0.4, -0.2) is 34.0 Å². The quantitative estimate of drug-likeness (QED) is 0.328. The molecule has 0 bridgehead atoms. The Labute approximate surface area is 75.8 Å². The molecule has 0 rings (SSSR count). The highest BCUT2D eigenvalue weighted by Gasteiger charge is 1.86. The summed E-state index contributed by atoms with van der Waals surface area (Å²) in [5, 5.41) is 18.2. The van der Waals surface area contributed by atoms with Crippen LogP contribution in [0.15, 0.2) is 5.11 Å². The van der Waals surface area contributed by atoms with Crippen LogP contribution in [-0.2, 0) is 9.59 Å². The van der Waals surface area contributed by atoms with Gasteiger partial charge in [0.2, 0.25) is 0 Å². The van der Waals surface area contributed by atoms with E-state index >= 15 is 0 Å². The number of carboxylic acid groups (broad SMARTS) is 2. The fourth-order valence-corrected chi connectivity index (χ4v) is 0.0921. The predicted molar refractivity (Wildman–Crippen MR) is 43.1 cm³/mol. The first-order valence-corrected chi connectivity index (χ1v) is 3.67. The number of carbonyl (C=O) groups is 2. The maximum absolute atomic E-state index is 9.49. The second kappa shape index (κ2) is 9.73. The number of aliphatic carboxylic acids is 2. The first kappa shape index (κ1) is 13.3. The second-order valence-corrected chi connectivity index (χ2v) is 1.87. The topological polar surface area (TPSA) is 123 Å². The summed E-state index contributed by atoms with van der Waals surface area (Å²) in [6.07, 6.45) is 0. The molecule has 0 atom stereocenters. The molecule has 0 unspecified atom stereocenters.